The van der Waals surface area contributed by atoms with E-state index in [-0.39, 0.29) is 18.2 Å². The molecule has 1 N–H and O–H groups in total. The number of nitrogens with zero attached hydrogens (tertiary/aromatic N) is 2. The Labute approximate surface area is 156 Å². The molecule has 0 spiro atoms. The van der Waals surface area contributed by atoms with Crippen molar-refractivity contribution in [3.8, 4) is 5.75 Å². The van der Waals surface area contributed by atoms with Crippen LogP contribution in [0.3, 0.4) is 0 Å². The molecule has 26 heavy (non-hydrogen) atoms. The smallest absolute Gasteiger partial charge is 0.225 e. The van der Waals surface area contributed by atoms with Gasteiger partial charge in [-0.2, -0.15) is 0 Å². The van der Waals surface area contributed by atoms with Gasteiger partial charge in [-0.15, -0.1) is 10.2 Å². The van der Waals surface area contributed by atoms with Gasteiger partial charge in [-0.05, 0) is 23.8 Å². The van der Waals surface area contributed by atoms with Crippen molar-refractivity contribution in [2.24, 2.45) is 0 Å². The third-order valence-electron chi connectivity index (χ3n) is 3.87. The minimum absolute atomic E-state index is 0.162. The highest BCUT2D eigenvalue weighted by Gasteiger charge is 2.23. The minimum Gasteiger partial charge on any atom is -0.495 e. The van der Waals surface area contributed by atoms with Gasteiger partial charge in [0.2, 0.25) is 17.7 Å². The molecule has 3 aromatic rings. The molecule has 0 radical (unpaired) electrons. The first-order chi connectivity index (χ1) is 12.6. The number of hydrogen-bond acceptors (Lipinski definition) is 5. The number of anilines is 1. The highest BCUT2D eigenvalue weighted by atomic mass is 35.5. The van der Waals surface area contributed by atoms with Crippen LogP contribution in [0.15, 0.2) is 52.9 Å². The number of hydrogen-bond donors (Lipinski definition) is 1. The second-order valence-electron chi connectivity index (χ2n) is 5.72. The van der Waals surface area contributed by atoms with Crippen molar-refractivity contribution in [3.63, 3.8) is 0 Å². The summed E-state index contributed by atoms with van der Waals surface area (Å²) in [6, 6.07) is 14.7. The summed E-state index contributed by atoms with van der Waals surface area (Å²) in [6.45, 7) is 1.72. The van der Waals surface area contributed by atoms with Gasteiger partial charge >= 0.3 is 0 Å². The molecule has 1 unspecified atom stereocenters. The molecule has 0 saturated heterocycles. The van der Waals surface area contributed by atoms with Crippen molar-refractivity contribution in [3.05, 3.63) is 70.9 Å². The fourth-order valence-electron chi connectivity index (χ4n) is 2.63. The van der Waals surface area contributed by atoms with E-state index in [9.17, 15) is 4.79 Å². The van der Waals surface area contributed by atoms with Crippen molar-refractivity contribution in [1.29, 1.82) is 0 Å². The summed E-state index contributed by atoms with van der Waals surface area (Å²) >= 11 is 6.10. The van der Waals surface area contributed by atoms with Crippen molar-refractivity contribution in [1.82, 2.24) is 10.2 Å². The lowest BCUT2D eigenvalue weighted by molar-refractivity contribution is -0.116. The number of aryl methyl sites for hydroxylation is 1. The molecule has 1 heterocycles. The Balaban J connectivity index is 1.78. The number of amides is 1. The van der Waals surface area contributed by atoms with E-state index in [0.29, 0.717) is 28.2 Å². The molecule has 0 saturated carbocycles. The number of ether oxygens (including phenoxy) is 1. The standard InChI is InChI=1S/C19H18ClN3O3/c1-12-22-23-19(26-12)15(13-6-4-3-5-7-13)11-18(24)21-14-8-9-17(25-2)16(20)10-14/h3-10,15H,11H2,1-2H3,(H,21,24). The summed E-state index contributed by atoms with van der Waals surface area (Å²) in [4.78, 5) is 12.6. The Hall–Kier alpha value is -2.86. The molecule has 0 fully saturated rings. The van der Waals surface area contributed by atoms with Crippen LogP contribution in [0, 0.1) is 6.92 Å². The summed E-state index contributed by atoms with van der Waals surface area (Å²) < 4.78 is 10.7. The fourth-order valence-corrected chi connectivity index (χ4v) is 2.89. The molecule has 7 heteroatoms. The van der Waals surface area contributed by atoms with E-state index in [1.54, 1.807) is 25.1 Å². The zero-order valence-corrected chi connectivity index (χ0v) is 15.2. The van der Waals surface area contributed by atoms with Gasteiger partial charge in [-0.25, -0.2) is 0 Å². The Kier molecular flexibility index (Phi) is 5.53. The van der Waals surface area contributed by atoms with Crippen LogP contribution in [0.5, 0.6) is 5.75 Å². The maximum Gasteiger partial charge on any atom is 0.225 e. The van der Waals surface area contributed by atoms with Crippen LogP contribution in [-0.2, 0) is 4.79 Å². The highest BCUT2D eigenvalue weighted by molar-refractivity contribution is 6.32. The van der Waals surface area contributed by atoms with E-state index in [4.69, 9.17) is 20.8 Å². The summed E-state index contributed by atoms with van der Waals surface area (Å²) in [5.41, 5.74) is 1.52. The van der Waals surface area contributed by atoms with Crippen LogP contribution in [0.25, 0.3) is 0 Å². The van der Waals surface area contributed by atoms with Gasteiger partial charge in [-0.3, -0.25) is 4.79 Å². The molecule has 3 rings (SSSR count). The topological polar surface area (TPSA) is 77.2 Å². The van der Waals surface area contributed by atoms with E-state index in [2.05, 4.69) is 15.5 Å². The third-order valence-corrected chi connectivity index (χ3v) is 4.16. The van der Waals surface area contributed by atoms with E-state index in [0.717, 1.165) is 5.56 Å². The lowest BCUT2D eigenvalue weighted by Crippen LogP contribution is -2.16. The first kappa shape index (κ1) is 17.9. The van der Waals surface area contributed by atoms with Gasteiger partial charge in [0.1, 0.15) is 5.75 Å². The van der Waals surface area contributed by atoms with Crippen LogP contribution in [-0.4, -0.2) is 23.2 Å². The molecular formula is C19H18ClN3O3. The molecule has 0 aliphatic rings. The lowest BCUT2D eigenvalue weighted by atomic mass is 9.95. The summed E-state index contributed by atoms with van der Waals surface area (Å²) in [7, 11) is 1.54. The number of carbonyl (C=O) groups excluding carboxylic acids is 1. The van der Waals surface area contributed by atoms with Gasteiger partial charge < -0.3 is 14.5 Å². The van der Waals surface area contributed by atoms with Gasteiger partial charge in [-0.1, -0.05) is 41.9 Å². The molecule has 134 valence electrons. The van der Waals surface area contributed by atoms with Gasteiger partial charge in [0.05, 0.1) is 18.1 Å². The van der Waals surface area contributed by atoms with Crippen molar-refractivity contribution in [2.45, 2.75) is 19.3 Å². The number of halogens is 1. The predicted octanol–water partition coefficient (Wildman–Crippen LogP) is 4.20. The number of rotatable bonds is 6. The molecule has 2 aromatic carbocycles. The van der Waals surface area contributed by atoms with Crippen LogP contribution < -0.4 is 10.1 Å². The monoisotopic (exact) mass is 371 g/mol. The average molecular weight is 372 g/mol. The first-order valence-corrected chi connectivity index (χ1v) is 8.43. The Morgan fingerprint density at radius 3 is 2.62 bits per heavy atom. The molecule has 1 aromatic heterocycles. The van der Waals surface area contributed by atoms with E-state index in [1.165, 1.54) is 7.11 Å². The van der Waals surface area contributed by atoms with Crippen molar-refractivity contribution < 1.29 is 13.9 Å². The Bertz CT molecular complexity index is 896. The maximum absolute atomic E-state index is 12.6. The van der Waals surface area contributed by atoms with Crippen LogP contribution in [0.1, 0.15) is 29.7 Å². The van der Waals surface area contributed by atoms with Crippen LogP contribution in [0.2, 0.25) is 5.02 Å². The van der Waals surface area contributed by atoms with Crippen LogP contribution >= 0.6 is 11.6 Å². The minimum atomic E-state index is -0.328. The van der Waals surface area contributed by atoms with Gasteiger partial charge in [0.15, 0.2) is 0 Å². The molecule has 0 aliphatic carbocycles. The normalized spacial score (nSPS) is 11.8. The molecule has 1 amide bonds. The number of carbonyl (C=O) groups is 1. The summed E-state index contributed by atoms with van der Waals surface area (Å²) in [5.74, 6) is 0.912. The van der Waals surface area contributed by atoms with Crippen molar-refractivity contribution >= 4 is 23.2 Å². The number of methoxy groups -OCH3 is 1. The second kappa shape index (κ2) is 8.01. The number of aromatic nitrogens is 2. The predicted molar refractivity (Wildman–Crippen MR) is 98.6 cm³/mol. The quantitative estimate of drug-likeness (QED) is 0.702. The summed E-state index contributed by atoms with van der Waals surface area (Å²) in [6.07, 6.45) is 0.162. The zero-order chi connectivity index (χ0) is 18.5. The number of benzene rings is 2. The SMILES string of the molecule is COc1ccc(NC(=O)CC(c2ccccc2)c2nnc(C)o2)cc1Cl. The van der Waals surface area contributed by atoms with Crippen LogP contribution in [0.4, 0.5) is 5.69 Å². The molecule has 1 atom stereocenters. The van der Waals surface area contributed by atoms with E-state index >= 15 is 0 Å². The summed E-state index contributed by atoms with van der Waals surface area (Å²) in [5, 5.41) is 11.2. The fraction of sp³-hybridized carbons (Fsp3) is 0.211. The maximum atomic E-state index is 12.6. The van der Waals surface area contributed by atoms with E-state index < -0.39 is 0 Å². The largest absolute Gasteiger partial charge is 0.495 e. The van der Waals surface area contributed by atoms with Crippen molar-refractivity contribution in [2.75, 3.05) is 12.4 Å². The zero-order valence-electron chi connectivity index (χ0n) is 14.4. The average Bonchev–Trinajstić information content (AvgIpc) is 3.07. The number of nitrogens with one attached hydrogen (secondary N) is 1. The Morgan fingerprint density at radius 1 is 1.23 bits per heavy atom. The molecular weight excluding hydrogens is 354 g/mol. The Morgan fingerprint density at radius 2 is 2.00 bits per heavy atom. The van der Waals surface area contributed by atoms with E-state index in [1.807, 2.05) is 30.3 Å². The van der Waals surface area contributed by atoms with Gasteiger partial charge in [0, 0.05) is 19.0 Å². The first-order valence-electron chi connectivity index (χ1n) is 8.05. The highest BCUT2D eigenvalue weighted by Crippen LogP contribution is 2.29. The van der Waals surface area contributed by atoms with Gasteiger partial charge in [0.25, 0.3) is 0 Å². The second-order valence-corrected chi connectivity index (χ2v) is 6.13. The third kappa shape index (κ3) is 4.21. The molecule has 0 aliphatic heterocycles. The lowest BCUT2D eigenvalue weighted by Gasteiger charge is -2.14. The molecule has 6 nitrogen and oxygen atoms in total. The molecule has 0 bridgehead atoms.